The van der Waals surface area contributed by atoms with Crippen LogP contribution in [0.3, 0.4) is 0 Å². The number of nitrogens with two attached hydrogens (primary N) is 1. The number of ether oxygens (including phenoxy) is 2. The van der Waals surface area contributed by atoms with E-state index in [-0.39, 0.29) is 29.4 Å². The van der Waals surface area contributed by atoms with E-state index in [0.717, 1.165) is 0 Å². The van der Waals surface area contributed by atoms with Crippen LogP contribution in [0.5, 0.6) is 5.75 Å². The van der Waals surface area contributed by atoms with Crippen molar-refractivity contribution in [3.8, 4) is 5.75 Å². The number of halogens is 4. The van der Waals surface area contributed by atoms with Gasteiger partial charge in [-0.3, -0.25) is 9.59 Å². The third-order valence-corrected chi connectivity index (χ3v) is 5.84. The van der Waals surface area contributed by atoms with Crippen LogP contribution in [0.2, 0.25) is 0 Å². The number of hydrogen-bond acceptors (Lipinski definition) is 9. The Kier molecular flexibility index (Phi) is 7.98. The first-order chi connectivity index (χ1) is 18.2. The normalized spacial score (nSPS) is 17.1. The minimum Gasteiger partial charge on any atom is -0.487 e. The van der Waals surface area contributed by atoms with Crippen LogP contribution in [0.15, 0.2) is 28.7 Å². The van der Waals surface area contributed by atoms with E-state index in [1.165, 1.54) is 12.1 Å². The molecular formula is C24H23F4N5O5. The SMILES string of the molecule is CCOC(=O)C1CCC(Oc2ccc(N)c(NC(=O)c3nnc(Nc4cc(F)c(F)cc4F)o3)c2F)CC1. The second kappa shape index (κ2) is 11.4. The van der Waals surface area contributed by atoms with Crippen LogP contribution in [0.25, 0.3) is 0 Å². The van der Waals surface area contributed by atoms with Gasteiger partial charge in [-0.15, -0.1) is 5.10 Å². The van der Waals surface area contributed by atoms with Gasteiger partial charge in [0.2, 0.25) is 0 Å². The van der Waals surface area contributed by atoms with E-state index in [1.807, 2.05) is 0 Å². The van der Waals surface area contributed by atoms with E-state index < -0.39 is 52.5 Å². The third kappa shape index (κ3) is 5.95. The lowest BCUT2D eigenvalue weighted by atomic mass is 9.87. The highest BCUT2D eigenvalue weighted by Crippen LogP contribution is 2.34. The number of amides is 1. The molecule has 0 radical (unpaired) electrons. The quantitative estimate of drug-likeness (QED) is 0.161. The molecule has 1 amide bonds. The topological polar surface area (TPSA) is 142 Å². The fraction of sp³-hybridized carbons (Fsp3) is 0.333. The molecule has 0 atom stereocenters. The van der Waals surface area contributed by atoms with Crippen molar-refractivity contribution in [3.05, 3.63) is 53.4 Å². The fourth-order valence-corrected chi connectivity index (χ4v) is 3.91. The Hall–Kier alpha value is -4.36. The highest BCUT2D eigenvalue weighted by atomic mass is 19.2. The molecule has 4 N–H and O–H groups in total. The number of carbonyl (C=O) groups excluding carboxylic acids is 2. The van der Waals surface area contributed by atoms with Gasteiger partial charge in [0, 0.05) is 12.1 Å². The van der Waals surface area contributed by atoms with Crippen molar-refractivity contribution in [2.45, 2.75) is 38.7 Å². The fourth-order valence-electron chi connectivity index (χ4n) is 3.91. The van der Waals surface area contributed by atoms with Crippen LogP contribution in [0.4, 0.5) is 40.6 Å². The molecule has 0 unspecified atom stereocenters. The summed E-state index contributed by atoms with van der Waals surface area (Å²) in [6.07, 6.45) is 1.72. The summed E-state index contributed by atoms with van der Waals surface area (Å²) < 4.78 is 71.4. The summed E-state index contributed by atoms with van der Waals surface area (Å²) in [6.45, 7) is 2.03. The van der Waals surface area contributed by atoms with Crippen molar-refractivity contribution in [2.75, 3.05) is 23.0 Å². The van der Waals surface area contributed by atoms with Crippen LogP contribution in [0.1, 0.15) is 43.3 Å². The second-order valence-electron chi connectivity index (χ2n) is 8.42. The molecular weight excluding hydrogens is 514 g/mol. The van der Waals surface area contributed by atoms with Crippen molar-refractivity contribution in [2.24, 2.45) is 5.92 Å². The number of rotatable bonds is 8. The standard InChI is InChI=1S/C24H23F4N5O5/c1-2-36-23(35)11-3-5-12(6-4-11)37-18-8-7-16(29)20(19(18)28)31-21(34)22-32-33-24(38-22)30-17-10-14(26)13(25)9-15(17)27/h7-12H,2-6,29H2,1H3,(H,30,33)(H,31,34). The number of nitrogens with zero attached hydrogens (tertiary/aromatic N) is 2. The summed E-state index contributed by atoms with van der Waals surface area (Å²) in [5, 5.41) is 11.4. The Labute approximate surface area is 213 Å². The first-order valence-electron chi connectivity index (χ1n) is 11.6. The summed E-state index contributed by atoms with van der Waals surface area (Å²) in [4.78, 5) is 24.5. The molecule has 3 aromatic rings. The van der Waals surface area contributed by atoms with E-state index >= 15 is 4.39 Å². The van der Waals surface area contributed by atoms with E-state index in [1.54, 1.807) is 6.92 Å². The largest absolute Gasteiger partial charge is 0.487 e. The lowest BCUT2D eigenvalue weighted by molar-refractivity contribution is -0.149. The van der Waals surface area contributed by atoms with Gasteiger partial charge in [-0.25, -0.2) is 17.6 Å². The predicted molar refractivity (Wildman–Crippen MR) is 126 cm³/mol. The number of carbonyl (C=O) groups is 2. The van der Waals surface area contributed by atoms with Crippen LogP contribution in [-0.4, -0.2) is 34.8 Å². The molecule has 1 aliphatic rings. The maximum Gasteiger partial charge on any atom is 0.320 e. The Bertz CT molecular complexity index is 1340. The zero-order valence-electron chi connectivity index (χ0n) is 20.0. The molecule has 14 heteroatoms. The van der Waals surface area contributed by atoms with Crippen LogP contribution in [0, 0.1) is 29.2 Å². The number of benzene rings is 2. The van der Waals surface area contributed by atoms with Crippen molar-refractivity contribution in [1.82, 2.24) is 10.2 Å². The van der Waals surface area contributed by atoms with E-state index in [2.05, 4.69) is 20.8 Å². The molecule has 202 valence electrons. The molecule has 10 nitrogen and oxygen atoms in total. The third-order valence-electron chi connectivity index (χ3n) is 5.84. The highest BCUT2D eigenvalue weighted by molar-refractivity contribution is 6.03. The zero-order valence-corrected chi connectivity index (χ0v) is 20.0. The van der Waals surface area contributed by atoms with E-state index in [0.29, 0.717) is 44.4 Å². The number of anilines is 4. The van der Waals surface area contributed by atoms with Gasteiger partial charge in [0.05, 0.1) is 30.0 Å². The van der Waals surface area contributed by atoms with Crippen molar-refractivity contribution in [1.29, 1.82) is 0 Å². The summed E-state index contributed by atoms with van der Waals surface area (Å²) in [5.41, 5.74) is 4.80. The average Bonchev–Trinajstić information content (AvgIpc) is 3.36. The molecule has 2 aromatic carbocycles. The van der Waals surface area contributed by atoms with E-state index in [9.17, 15) is 22.8 Å². The van der Waals surface area contributed by atoms with Crippen molar-refractivity contribution in [3.63, 3.8) is 0 Å². The van der Waals surface area contributed by atoms with E-state index in [4.69, 9.17) is 19.6 Å². The van der Waals surface area contributed by atoms with Crippen LogP contribution >= 0.6 is 0 Å². The van der Waals surface area contributed by atoms with Gasteiger partial charge < -0.3 is 30.3 Å². The van der Waals surface area contributed by atoms with Gasteiger partial charge in [-0.2, -0.15) is 0 Å². The first kappa shape index (κ1) is 26.7. The maximum atomic E-state index is 15.2. The van der Waals surface area contributed by atoms with Crippen LogP contribution < -0.4 is 21.1 Å². The maximum absolute atomic E-state index is 15.2. The summed E-state index contributed by atoms with van der Waals surface area (Å²) in [5.74, 6) is -7.15. The number of esters is 1. The number of nitrogens with one attached hydrogen (secondary N) is 2. The smallest absolute Gasteiger partial charge is 0.320 e. The minimum absolute atomic E-state index is 0.115. The van der Waals surface area contributed by atoms with Gasteiger partial charge in [0.25, 0.3) is 0 Å². The Balaban J connectivity index is 1.41. The predicted octanol–water partition coefficient (Wildman–Crippen LogP) is 4.70. The van der Waals surface area contributed by atoms with Gasteiger partial charge >= 0.3 is 23.8 Å². The zero-order chi connectivity index (χ0) is 27.4. The van der Waals surface area contributed by atoms with Crippen LogP contribution in [-0.2, 0) is 9.53 Å². The van der Waals surface area contributed by atoms with Gasteiger partial charge in [-0.1, -0.05) is 5.10 Å². The average molecular weight is 537 g/mol. The lowest BCUT2D eigenvalue weighted by Gasteiger charge is -2.28. The Morgan fingerprint density at radius 2 is 1.76 bits per heavy atom. The lowest BCUT2D eigenvalue weighted by Crippen LogP contribution is -2.29. The molecule has 1 heterocycles. The summed E-state index contributed by atoms with van der Waals surface area (Å²) in [7, 11) is 0. The molecule has 1 saturated carbocycles. The van der Waals surface area contributed by atoms with Crippen molar-refractivity contribution < 1.29 is 41.0 Å². The van der Waals surface area contributed by atoms with Gasteiger partial charge in [0.15, 0.2) is 23.2 Å². The number of nitrogen functional groups attached to an aromatic ring is 1. The molecule has 0 saturated heterocycles. The van der Waals surface area contributed by atoms with Gasteiger partial charge in [0.1, 0.15) is 11.5 Å². The highest BCUT2D eigenvalue weighted by Gasteiger charge is 2.29. The monoisotopic (exact) mass is 537 g/mol. The molecule has 1 aliphatic carbocycles. The molecule has 38 heavy (non-hydrogen) atoms. The number of aromatic nitrogens is 2. The summed E-state index contributed by atoms with van der Waals surface area (Å²) >= 11 is 0. The molecule has 0 aliphatic heterocycles. The molecule has 4 rings (SSSR count). The molecule has 1 aromatic heterocycles. The van der Waals surface area contributed by atoms with Crippen molar-refractivity contribution >= 4 is 35.0 Å². The Morgan fingerprint density at radius 3 is 2.47 bits per heavy atom. The Morgan fingerprint density at radius 1 is 1.05 bits per heavy atom. The molecule has 1 fully saturated rings. The van der Waals surface area contributed by atoms with Gasteiger partial charge in [-0.05, 0) is 44.7 Å². The second-order valence-corrected chi connectivity index (χ2v) is 8.42. The molecule has 0 bridgehead atoms. The first-order valence-corrected chi connectivity index (χ1v) is 11.6. The summed E-state index contributed by atoms with van der Waals surface area (Å²) in [6, 6.07) is 2.99. The number of hydrogen-bond donors (Lipinski definition) is 3. The molecule has 0 spiro atoms. The minimum atomic E-state index is -1.39.